The van der Waals surface area contributed by atoms with Crippen molar-refractivity contribution in [1.82, 2.24) is 4.90 Å². The van der Waals surface area contributed by atoms with E-state index in [0.717, 1.165) is 51.6 Å². The maximum Gasteiger partial charge on any atom is 0.335 e. The predicted octanol–water partition coefficient (Wildman–Crippen LogP) is 3.21. The summed E-state index contributed by atoms with van der Waals surface area (Å²) in [7, 11) is 0. The molecule has 0 aromatic carbocycles. The lowest BCUT2D eigenvalue weighted by atomic mass is 9.84. The number of piperidine rings is 1. The standard InChI is InChI=1S/C18H27NO3/c1-13-7-11-19(12-8-13)16(20)15-14(2)17(21)22-18(15)9-5-3-4-6-10-18/h13H,3-12H2,1-2H3. The molecule has 3 rings (SSSR count). The number of hydrogen-bond acceptors (Lipinski definition) is 3. The molecular formula is C18H27NO3. The van der Waals surface area contributed by atoms with Gasteiger partial charge in [0.25, 0.3) is 5.91 Å². The fourth-order valence-corrected chi connectivity index (χ4v) is 4.13. The predicted molar refractivity (Wildman–Crippen MR) is 84.2 cm³/mol. The van der Waals surface area contributed by atoms with Gasteiger partial charge in [0, 0.05) is 18.7 Å². The van der Waals surface area contributed by atoms with Crippen molar-refractivity contribution in [1.29, 1.82) is 0 Å². The molecule has 2 aliphatic heterocycles. The molecule has 0 radical (unpaired) electrons. The van der Waals surface area contributed by atoms with E-state index in [-0.39, 0.29) is 11.9 Å². The minimum Gasteiger partial charge on any atom is -0.451 e. The van der Waals surface area contributed by atoms with Crippen molar-refractivity contribution in [2.75, 3.05) is 13.1 Å². The Morgan fingerprint density at radius 1 is 1.14 bits per heavy atom. The van der Waals surface area contributed by atoms with Crippen LogP contribution in [0, 0.1) is 5.92 Å². The Bertz CT molecular complexity index is 492. The van der Waals surface area contributed by atoms with Crippen LogP contribution in [0.2, 0.25) is 0 Å². The largest absolute Gasteiger partial charge is 0.451 e. The summed E-state index contributed by atoms with van der Waals surface area (Å²) in [4.78, 5) is 27.2. The number of rotatable bonds is 1. The third-order valence-corrected chi connectivity index (χ3v) is 5.62. The lowest BCUT2D eigenvalue weighted by Gasteiger charge is -2.35. The molecule has 4 heteroatoms. The third kappa shape index (κ3) is 2.68. The van der Waals surface area contributed by atoms with Gasteiger partial charge in [-0.05, 0) is 51.4 Å². The van der Waals surface area contributed by atoms with Crippen LogP contribution in [0.15, 0.2) is 11.1 Å². The van der Waals surface area contributed by atoms with Crippen molar-refractivity contribution in [3.05, 3.63) is 11.1 Å². The fraction of sp³-hybridized carbons (Fsp3) is 0.778. The second kappa shape index (κ2) is 6.05. The van der Waals surface area contributed by atoms with E-state index >= 15 is 0 Å². The first-order valence-corrected chi connectivity index (χ1v) is 8.77. The molecular weight excluding hydrogens is 278 g/mol. The Hall–Kier alpha value is -1.32. The summed E-state index contributed by atoms with van der Waals surface area (Å²) in [5, 5.41) is 0. The number of nitrogens with zero attached hydrogens (tertiary/aromatic N) is 1. The molecule has 1 amide bonds. The molecule has 2 heterocycles. The van der Waals surface area contributed by atoms with Gasteiger partial charge >= 0.3 is 5.97 Å². The molecule has 1 saturated carbocycles. The Labute approximate surface area is 132 Å². The molecule has 0 bridgehead atoms. The number of ether oxygens (including phenoxy) is 1. The van der Waals surface area contributed by atoms with Gasteiger partial charge < -0.3 is 9.64 Å². The Balaban J connectivity index is 1.87. The van der Waals surface area contributed by atoms with Crippen molar-refractivity contribution < 1.29 is 14.3 Å². The Morgan fingerprint density at radius 2 is 1.73 bits per heavy atom. The van der Waals surface area contributed by atoms with Crippen LogP contribution < -0.4 is 0 Å². The average Bonchev–Trinajstić information content (AvgIpc) is 2.66. The number of amides is 1. The first kappa shape index (κ1) is 15.6. The molecule has 3 aliphatic rings. The Morgan fingerprint density at radius 3 is 2.32 bits per heavy atom. The van der Waals surface area contributed by atoms with E-state index in [1.807, 2.05) is 4.90 Å². The van der Waals surface area contributed by atoms with E-state index in [4.69, 9.17) is 4.74 Å². The summed E-state index contributed by atoms with van der Waals surface area (Å²) in [6, 6.07) is 0. The quantitative estimate of drug-likeness (QED) is 0.699. The number of esters is 1. The molecule has 0 aromatic heterocycles. The Kier molecular flexibility index (Phi) is 4.28. The van der Waals surface area contributed by atoms with Crippen LogP contribution >= 0.6 is 0 Å². The van der Waals surface area contributed by atoms with E-state index < -0.39 is 5.60 Å². The van der Waals surface area contributed by atoms with E-state index in [2.05, 4.69) is 6.92 Å². The van der Waals surface area contributed by atoms with Gasteiger partial charge in [0.15, 0.2) is 0 Å². The molecule has 22 heavy (non-hydrogen) atoms. The summed E-state index contributed by atoms with van der Waals surface area (Å²) in [5.41, 5.74) is 0.595. The monoisotopic (exact) mass is 305 g/mol. The molecule has 0 atom stereocenters. The summed E-state index contributed by atoms with van der Waals surface area (Å²) < 4.78 is 5.77. The van der Waals surface area contributed by atoms with Crippen LogP contribution in [-0.2, 0) is 14.3 Å². The van der Waals surface area contributed by atoms with Crippen LogP contribution in [0.3, 0.4) is 0 Å². The lowest BCUT2D eigenvalue weighted by molar-refractivity contribution is -0.148. The molecule has 4 nitrogen and oxygen atoms in total. The van der Waals surface area contributed by atoms with Crippen LogP contribution in [0.5, 0.6) is 0 Å². The summed E-state index contributed by atoms with van der Waals surface area (Å²) in [6.45, 7) is 5.62. The highest BCUT2D eigenvalue weighted by molar-refractivity contribution is 6.07. The van der Waals surface area contributed by atoms with Crippen molar-refractivity contribution >= 4 is 11.9 Å². The van der Waals surface area contributed by atoms with Crippen LogP contribution in [0.25, 0.3) is 0 Å². The maximum absolute atomic E-state index is 13.1. The number of carbonyl (C=O) groups excluding carboxylic acids is 2. The zero-order chi connectivity index (χ0) is 15.7. The van der Waals surface area contributed by atoms with Gasteiger partial charge in [0.05, 0.1) is 5.57 Å². The second-order valence-electron chi connectivity index (χ2n) is 7.27. The van der Waals surface area contributed by atoms with Gasteiger partial charge in [-0.1, -0.05) is 19.8 Å². The van der Waals surface area contributed by atoms with Gasteiger partial charge in [-0.3, -0.25) is 4.79 Å². The fourth-order valence-electron chi connectivity index (χ4n) is 4.13. The van der Waals surface area contributed by atoms with E-state index in [1.165, 1.54) is 12.8 Å². The molecule has 1 saturated heterocycles. The normalized spacial score (nSPS) is 26.3. The average molecular weight is 305 g/mol. The first-order chi connectivity index (χ1) is 10.5. The van der Waals surface area contributed by atoms with E-state index in [9.17, 15) is 9.59 Å². The molecule has 2 fully saturated rings. The topological polar surface area (TPSA) is 46.6 Å². The third-order valence-electron chi connectivity index (χ3n) is 5.62. The van der Waals surface area contributed by atoms with Crippen molar-refractivity contribution in [3.8, 4) is 0 Å². The lowest BCUT2D eigenvalue weighted by Crippen LogP contribution is -2.44. The zero-order valence-electron chi connectivity index (χ0n) is 13.8. The first-order valence-electron chi connectivity index (χ1n) is 8.77. The van der Waals surface area contributed by atoms with Gasteiger partial charge in [-0.25, -0.2) is 4.79 Å². The highest BCUT2D eigenvalue weighted by Crippen LogP contribution is 2.43. The summed E-state index contributed by atoms with van der Waals surface area (Å²) in [5.74, 6) is 0.459. The SMILES string of the molecule is CC1=C(C(=O)N2CCC(C)CC2)C2(CCCCCC2)OC1=O. The number of likely N-dealkylation sites (tertiary alicyclic amines) is 1. The summed E-state index contributed by atoms with van der Waals surface area (Å²) >= 11 is 0. The van der Waals surface area contributed by atoms with Gasteiger partial charge in [0.1, 0.15) is 5.60 Å². The molecule has 122 valence electrons. The molecule has 0 N–H and O–H groups in total. The van der Waals surface area contributed by atoms with Crippen molar-refractivity contribution in [2.24, 2.45) is 5.92 Å². The van der Waals surface area contributed by atoms with Crippen molar-refractivity contribution in [3.63, 3.8) is 0 Å². The minimum atomic E-state index is -0.627. The van der Waals surface area contributed by atoms with Crippen LogP contribution in [-0.4, -0.2) is 35.5 Å². The van der Waals surface area contributed by atoms with E-state index in [1.54, 1.807) is 6.92 Å². The molecule has 0 unspecified atom stereocenters. The number of carbonyl (C=O) groups is 2. The van der Waals surface area contributed by atoms with Gasteiger partial charge in [-0.2, -0.15) is 0 Å². The van der Waals surface area contributed by atoms with Crippen LogP contribution in [0.1, 0.15) is 65.2 Å². The highest BCUT2D eigenvalue weighted by atomic mass is 16.6. The maximum atomic E-state index is 13.1. The second-order valence-corrected chi connectivity index (χ2v) is 7.27. The molecule has 1 spiro atoms. The van der Waals surface area contributed by atoms with Crippen LogP contribution in [0.4, 0.5) is 0 Å². The van der Waals surface area contributed by atoms with Gasteiger partial charge in [0.2, 0.25) is 0 Å². The molecule has 0 aromatic rings. The minimum absolute atomic E-state index is 0.0529. The zero-order valence-corrected chi connectivity index (χ0v) is 13.8. The van der Waals surface area contributed by atoms with Crippen molar-refractivity contribution in [2.45, 2.75) is 70.8 Å². The number of hydrogen-bond donors (Lipinski definition) is 0. The smallest absolute Gasteiger partial charge is 0.335 e. The highest BCUT2D eigenvalue weighted by Gasteiger charge is 2.50. The van der Waals surface area contributed by atoms with E-state index in [0.29, 0.717) is 17.1 Å². The summed E-state index contributed by atoms with van der Waals surface area (Å²) in [6.07, 6.45) is 8.13. The molecule has 1 aliphatic carbocycles. The van der Waals surface area contributed by atoms with Gasteiger partial charge in [-0.15, -0.1) is 0 Å².